The maximum absolute atomic E-state index is 13.6. The molecular formula is C23H27FN2O3. The largest absolute Gasteiger partial charge is 0.497 e. The Morgan fingerprint density at radius 2 is 2.03 bits per heavy atom. The van der Waals surface area contributed by atoms with Crippen molar-refractivity contribution in [2.75, 3.05) is 13.7 Å². The SMILES string of the molecule is COc1ccc(C2=NO[C@@H](CN(Cc3cccc(F)c3)C(=O)CC(C)C)C2)cc1. The van der Waals surface area contributed by atoms with E-state index in [2.05, 4.69) is 5.16 Å². The molecule has 3 rings (SSSR count). The van der Waals surface area contributed by atoms with Gasteiger partial charge in [0.25, 0.3) is 0 Å². The highest BCUT2D eigenvalue weighted by Crippen LogP contribution is 2.21. The summed E-state index contributed by atoms with van der Waals surface area (Å²) < 4.78 is 18.8. The minimum Gasteiger partial charge on any atom is -0.497 e. The first-order valence-electron chi connectivity index (χ1n) is 9.84. The minimum absolute atomic E-state index is 0.0331. The highest BCUT2D eigenvalue weighted by molar-refractivity contribution is 6.01. The van der Waals surface area contributed by atoms with E-state index in [1.54, 1.807) is 18.1 Å². The average molecular weight is 398 g/mol. The molecule has 0 N–H and O–H groups in total. The number of ether oxygens (including phenoxy) is 1. The Hall–Kier alpha value is -2.89. The Kier molecular flexibility index (Phi) is 6.86. The zero-order valence-electron chi connectivity index (χ0n) is 17.1. The van der Waals surface area contributed by atoms with Gasteiger partial charge in [-0.15, -0.1) is 0 Å². The van der Waals surface area contributed by atoms with Gasteiger partial charge in [0.05, 0.1) is 19.4 Å². The Labute approximate surface area is 171 Å². The number of halogens is 1. The quantitative estimate of drug-likeness (QED) is 0.662. The van der Waals surface area contributed by atoms with E-state index >= 15 is 0 Å². The molecular weight excluding hydrogens is 371 g/mol. The zero-order valence-corrected chi connectivity index (χ0v) is 17.1. The Bertz CT molecular complexity index is 865. The summed E-state index contributed by atoms with van der Waals surface area (Å²) in [6.45, 7) is 4.77. The van der Waals surface area contributed by atoms with Crippen LogP contribution in [0.25, 0.3) is 0 Å². The molecule has 2 aromatic carbocycles. The molecule has 1 atom stereocenters. The van der Waals surface area contributed by atoms with Crippen LogP contribution in [-0.2, 0) is 16.2 Å². The predicted octanol–water partition coefficient (Wildman–Crippen LogP) is 4.40. The number of nitrogens with zero attached hydrogens (tertiary/aromatic N) is 2. The van der Waals surface area contributed by atoms with Crippen LogP contribution in [0.2, 0.25) is 0 Å². The number of carbonyl (C=O) groups excluding carboxylic acids is 1. The second-order valence-corrected chi connectivity index (χ2v) is 7.70. The molecule has 0 saturated carbocycles. The van der Waals surface area contributed by atoms with Gasteiger partial charge in [0, 0.05) is 19.4 Å². The molecule has 0 aromatic heterocycles. The van der Waals surface area contributed by atoms with Crippen molar-refractivity contribution in [3.05, 3.63) is 65.5 Å². The van der Waals surface area contributed by atoms with E-state index in [1.165, 1.54) is 12.1 Å². The summed E-state index contributed by atoms with van der Waals surface area (Å²) in [5.41, 5.74) is 2.58. The van der Waals surface area contributed by atoms with Crippen LogP contribution in [0.4, 0.5) is 4.39 Å². The van der Waals surface area contributed by atoms with Gasteiger partial charge in [-0.3, -0.25) is 4.79 Å². The standard InChI is InChI=1S/C23H27FN2O3/c1-16(2)11-23(27)26(14-17-5-4-6-19(24)12-17)15-21-13-22(25-29-21)18-7-9-20(28-3)10-8-18/h4-10,12,16,21H,11,13-15H2,1-3H3/t21-/m1/s1. The Balaban J connectivity index is 1.66. The van der Waals surface area contributed by atoms with Crippen molar-refractivity contribution in [3.8, 4) is 5.75 Å². The van der Waals surface area contributed by atoms with Crippen molar-refractivity contribution in [2.45, 2.75) is 39.3 Å². The lowest BCUT2D eigenvalue weighted by atomic mass is 10.0. The van der Waals surface area contributed by atoms with Crippen LogP contribution in [0, 0.1) is 11.7 Å². The minimum atomic E-state index is -0.305. The maximum atomic E-state index is 13.6. The van der Waals surface area contributed by atoms with Crippen molar-refractivity contribution in [2.24, 2.45) is 11.1 Å². The molecule has 0 radical (unpaired) electrons. The van der Waals surface area contributed by atoms with Crippen molar-refractivity contribution in [1.29, 1.82) is 0 Å². The number of hydrogen-bond donors (Lipinski definition) is 0. The normalized spacial score (nSPS) is 15.8. The summed E-state index contributed by atoms with van der Waals surface area (Å²) >= 11 is 0. The van der Waals surface area contributed by atoms with Crippen LogP contribution in [0.1, 0.15) is 37.8 Å². The monoisotopic (exact) mass is 398 g/mol. The first-order valence-corrected chi connectivity index (χ1v) is 9.84. The molecule has 154 valence electrons. The first kappa shape index (κ1) is 20.8. The highest BCUT2D eigenvalue weighted by Gasteiger charge is 2.27. The van der Waals surface area contributed by atoms with E-state index in [1.807, 2.05) is 44.2 Å². The van der Waals surface area contributed by atoms with Crippen molar-refractivity contribution >= 4 is 11.6 Å². The smallest absolute Gasteiger partial charge is 0.223 e. The maximum Gasteiger partial charge on any atom is 0.223 e. The van der Waals surface area contributed by atoms with Gasteiger partial charge >= 0.3 is 0 Å². The molecule has 29 heavy (non-hydrogen) atoms. The molecule has 1 aliphatic heterocycles. The van der Waals surface area contributed by atoms with Crippen LogP contribution in [-0.4, -0.2) is 36.3 Å². The molecule has 2 aromatic rings. The van der Waals surface area contributed by atoms with E-state index in [0.29, 0.717) is 25.9 Å². The van der Waals surface area contributed by atoms with Gasteiger partial charge in [0.2, 0.25) is 5.91 Å². The van der Waals surface area contributed by atoms with Gasteiger partial charge < -0.3 is 14.5 Å². The lowest BCUT2D eigenvalue weighted by Crippen LogP contribution is -2.37. The van der Waals surface area contributed by atoms with Gasteiger partial charge in [-0.2, -0.15) is 0 Å². The van der Waals surface area contributed by atoms with Crippen molar-refractivity contribution in [3.63, 3.8) is 0 Å². The molecule has 0 unspecified atom stereocenters. The molecule has 0 fully saturated rings. The molecule has 5 nitrogen and oxygen atoms in total. The third-order valence-electron chi connectivity index (χ3n) is 4.78. The van der Waals surface area contributed by atoms with E-state index in [4.69, 9.17) is 9.57 Å². The lowest BCUT2D eigenvalue weighted by molar-refractivity contribution is -0.134. The summed E-state index contributed by atoms with van der Waals surface area (Å²) in [7, 11) is 1.63. The number of carbonyl (C=O) groups is 1. The summed E-state index contributed by atoms with van der Waals surface area (Å²) in [4.78, 5) is 20.1. The van der Waals surface area contributed by atoms with E-state index in [0.717, 1.165) is 22.6 Å². The number of methoxy groups -OCH3 is 1. The molecule has 0 saturated heterocycles. The number of rotatable bonds is 8. The topological polar surface area (TPSA) is 51.1 Å². The molecule has 6 heteroatoms. The van der Waals surface area contributed by atoms with Crippen LogP contribution in [0.3, 0.4) is 0 Å². The molecule has 1 heterocycles. The average Bonchev–Trinajstić information content (AvgIpc) is 3.15. The third kappa shape index (κ3) is 5.79. The summed E-state index contributed by atoms with van der Waals surface area (Å²) in [5, 5.41) is 4.22. The van der Waals surface area contributed by atoms with Crippen LogP contribution < -0.4 is 4.74 Å². The predicted molar refractivity (Wildman–Crippen MR) is 110 cm³/mol. The Morgan fingerprint density at radius 1 is 1.28 bits per heavy atom. The first-order chi connectivity index (χ1) is 13.9. The second-order valence-electron chi connectivity index (χ2n) is 7.70. The van der Waals surface area contributed by atoms with Crippen LogP contribution in [0.15, 0.2) is 53.7 Å². The molecule has 0 bridgehead atoms. The van der Waals surface area contributed by atoms with E-state index in [9.17, 15) is 9.18 Å². The molecule has 0 spiro atoms. The fraction of sp³-hybridized carbons (Fsp3) is 0.391. The van der Waals surface area contributed by atoms with Gasteiger partial charge in [0.1, 0.15) is 11.6 Å². The highest BCUT2D eigenvalue weighted by atomic mass is 19.1. The lowest BCUT2D eigenvalue weighted by Gasteiger charge is -2.26. The van der Waals surface area contributed by atoms with E-state index in [-0.39, 0.29) is 23.7 Å². The van der Waals surface area contributed by atoms with Crippen LogP contribution in [0.5, 0.6) is 5.75 Å². The van der Waals surface area contributed by atoms with Crippen molar-refractivity contribution < 1.29 is 18.8 Å². The number of hydrogen-bond acceptors (Lipinski definition) is 4. The molecule has 1 aliphatic rings. The number of amides is 1. The zero-order chi connectivity index (χ0) is 20.8. The Morgan fingerprint density at radius 3 is 2.69 bits per heavy atom. The second kappa shape index (κ2) is 9.54. The van der Waals surface area contributed by atoms with Crippen molar-refractivity contribution in [1.82, 2.24) is 4.90 Å². The summed E-state index contributed by atoms with van der Waals surface area (Å²) in [5.74, 6) is 0.755. The van der Waals surface area contributed by atoms with Crippen LogP contribution >= 0.6 is 0 Å². The van der Waals surface area contributed by atoms with Gasteiger partial charge in [-0.05, 0) is 53.4 Å². The number of oxime groups is 1. The molecule has 1 amide bonds. The summed E-state index contributed by atoms with van der Waals surface area (Å²) in [6.07, 6.45) is 0.826. The summed E-state index contributed by atoms with van der Waals surface area (Å²) in [6, 6.07) is 14.0. The fourth-order valence-electron chi connectivity index (χ4n) is 3.31. The third-order valence-corrected chi connectivity index (χ3v) is 4.78. The van der Waals surface area contributed by atoms with Gasteiger partial charge in [-0.1, -0.05) is 31.1 Å². The van der Waals surface area contributed by atoms with Gasteiger partial charge in [0.15, 0.2) is 6.10 Å². The molecule has 0 aliphatic carbocycles. The fourth-order valence-corrected chi connectivity index (χ4v) is 3.31. The van der Waals surface area contributed by atoms with Gasteiger partial charge in [-0.25, -0.2) is 4.39 Å². The van der Waals surface area contributed by atoms with E-state index < -0.39 is 0 Å². The number of benzene rings is 2.